The van der Waals surface area contributed by atoms with E-state index in [9.17, 15) is 9.59 Å². The highest BCUT2D eigenvalue weighted by Crippen LogP contribution is 2.63. The Morgan fingerprint density at radius 1 is 1.05 bits per heavy atom. The summed E-state index contributed by atoms with van der Waals surface area (Å²) >= 11 is 1.55. The smallest absolute Gasteiger partial charge is 0.341 e. The van der Waals surface area contributed by atoms with Gasteiger partial charge in [0.05, 0.1) is 26.4 Å². The van der Waals surface area contributed by atoms with E-state index in [1.54, 1.807) is 49.8 Å². The minimum Gasteiger partial charge on any atom is -0.497 e. The van der Waals surface area contributed by atoms with E-state index in [1.807, 2.05) is 6.92 Å². The van der Waals surface area contributed by atoms with Crippen molar-refractivity contribution in [2.75, 3.05) is 26.1 Å². The molecule has 0 bridgehead atoms. The van der Waals surface area contributed by atoms with Crippen molar-refractivity contribution in [3.63, 3.8) is 0 Å². The molecular weight excluding hydrogens is 510 g/mol. The Labute approximate surface area is 233 Å². The summed E-state index contributed by atoms with van der Waals surface area (Å²) in [6.07, 6.45) is 5.24. The number of ether oxygens (including phenoxy) is 3. The molecule has 0 aliphatic heterocycles. The van der Waals surface area contributed by atoms with Gasteiger partial charge in [-0.05, 0) is 115 Å². The Morgan fingerprint density at radius 3 is 2.51 bits per heavy atom. The van der Waals surface area contributed by atoms with Gasteiger partial charge < -0.3 is 19.5 Å². The zero-order valence-corrected chi connectivity index (χ0v) is 23.8. The van der Waals surface area contributed by atoms with E-state index in [4.69, 9.17) is 14.2 Å². The molecule has 1 aromatic heterocycles. The van der Waals surface area contributed by atoms with Crippen LogP contribution in [0.1, 0.15) is 81.3 Å². The lowest BCUT2D eigenvalue weighted by Gasteiger charge is -2.49. The Morgan fingerprint density at radius 2 is 1.79 bits per heavy atom. The lowest BCUT2D eigenvalue weighted by atomic mass is 9.54. The summed E-state index contributed by atoms with van der Waals surface area (Å²) < 4.78 is 16.3. The molecule has 1 saturated carbocycles. The number of benzene rings is 2. The van der Waals surface area contributed by atoms with Crippen molar-refractivity contribution in [2.45, 2.75) is 57.3 Å². The summed E-state index contributed by atoms with van der Waals surface area (Å²) in [7, 11) is 3.32. The summed E-state index contributed by atoms with van der Waals surface area (Å²) in [5.74, 6) is 2.60. The first-order chi connectivity index (χ1) is 18.9. The molecule has 204 valence electrons. The van der Waals surface area contributed by atoms with Crippen molar-refractivity contribution in [3.05, 3.63) is 75.2 Å². The van der Waals surface area contributed by atoms with Gasteiger partial charge in [0.25, 0.3) is 5.91 Å². The van der Waals surface area contributed by atoms with Crippen molar-refractivity contribution in [3.8, 4) is 11.5 Å². The third-order valence-corrected chi connectivity index (χ3v) is 10.5. The highest BCUT2D eigenvalue weighted by atomic mass is 32.1. The number of thiophene rings is 1. The van der Waals surface area contributed by atoms with Gasteiger partial charge in [-0.25, -0.2) is 4.79 Å². The van der Waals surface area contributed by atoms with Gasteiger partial charge >= 0.3 is 5.97 Å². The van der Waals surface area contributed by atoms with Crippen LogP contribution in [-0.4, -0.2) is 32.7 Å². The van der Waals surface area contributed by atoms with Crippen molar-refractivity contribution in [1.29, 1.82) is 0 Å². The molecule has 0 saturated heterocycles. The molecule has 3 aliphatic carbocycles. The van der Waals surface area contributed by atoms with Crippen LogP contribution >= 0.6 is 11.3 Å². The molecule has 0 unspecified atom stereocenters. The zero-order valence-electron chi connectivity index (χ0n) is 23.0. The molecule has 6 nitrogen and oxygen atoms in total. The van der Waals surface area contributed by atoms with Crippen molar-refractivity contribution in [1.82, 2.24) is 0 Å². The van der Waals surface area contributed by atoms with Crippen LogP contribution < -0.4 is 14.8 Å². The number of carbonyl (C=O) groups excluding carboxylic acids is 2. The highest BCUT2D eigenvalue weighted by Gasteiger charge is 2.55. The Kier molecular flexibility index (Phi) is 6.66. The summed E-state index contributed by atoms with van der Waals surface area (Å²) in [5, 5.41) is 3.65. The molecule has 6 rings (SSSR count). The Hall–Kier alpha value is -3.32. The predicted octanol–water partition coefficient (Wildman–Crippen LogP) is 6.76. The summed E-state index contributed by atoms with van der Waals surface area (Å²) in [6.45, 7) is 4.46. The number of anilines is 1. The molecule has 0 spiro atoms. The van der Waals surface area contributed by atoms with Gasteiger partial charge in [0.2, 0.25) is 0 Å². The number of esters is 1. The number of carbonyl (C=O) groups is 2. The maximum absolute atomic E-state index is 13.4. The molecule has 1 heterocycles. The van der Waals surface area contributed by atoms with Crippen LogP contribution in [0.25, 0.3) is 0 Å². The van der Waals surface area contributed by atoms with E-state index >= 15 is 0 Å². The molecule has 3 aromatic rings. The van der Waals surface area contributed by atoms with Gasteiger partial charge in [-0.3, -0.25) is 4.79 Å². The van der Waals surface area contributed by atoms with Crippen molar-refractivity contribution in [2.24, 2.45) is 11.8 Å². The van der Waals surface area contributed by atoms with E-state index in [0.717, 1.165) is 43.4 Å². The van der Waals surface area contributed by atoms with E-state index in [-0.39, 0.29) is 17.3 Å². The van der Waals surface area contributed by atoms with E-state index < -0.39 is 0 Å². The Balaban J connectivity index is 1.33. The maximum Gasteiger partial charge on any atom is 0.341 e. The van der Waals surface area contributed by atoms with Crippen molar-refractivity contribution >= 4 is 28.2 Å². The zero-order chi connectivity index (χ0) is 27.3. The number of amides is 1. The number of nitrogens with one attached hydrogen (secondary N) is 1. The fourth-order valence-corrected chi connectivity index (χ4v) is 8.90. The molecular formula is C32H35NO5S. The second kappa shape index (κ2) is 10.0. The topological polar surface area (TPSA) is 73.9 Å². The van der Waals surface area contributed by atoms with Crippen LogP contribution in [-0.2, 0) is 23.0 Å². The second-order valence-electron chi connectivity index (χ2n) is 11.1. The highest BCUT2D eigenvalue weighted by molar-refractivity contribution is 7.17. The molecule has 1 fully saturated rings. The van der Waals surface area contributed by atoms with Gasteiger partial charge in [-0.1, -0.05) is 13.0 Å². The largest absolute Gasteiger partial charge is 0.497 e. The fraction of sp³-hybridized carbons (Fsp3) is 0.438. The minimum absolute atomic E-state index is 0.123. The van der Waals surface area contributed by atoms with E-state index in [1.165, 1.54) is 16.0 Å². The van der Waals surface area contributed by atoms with E-state index in [2.05, 4.69) is 30.4 Å². The third kappa shape index (κ3) is 4.22. The van der Waals surface area contributed by atoms with Gasteiger partial charge in [0.1, 0.15) is 16.5 Å². The molecule has 1 amide bonds. The van der Waals surface area contributed by atoms with Crippen LogP contribution in [0.4, 0.5) is 5.00 Å². The monoisotopic (exact) mass is 545 g/mol. The first-order valence-electron chi connectivity index (χ1n) is 13.8. The fourth-order valence-electron chi connectivity index (χ4n) is 7.52. The standard InChI is InChI=1S/C32H35NO5S/c1-5-38-31(35)27-28-26(39-30(27)33-29(34)18-6-9-20(36-3)10-7-18)17-25-24-12-8-19-16-21(37-4)11-13-22(19)23(24)14-15-32(25,28)2/h6-7,9-11,13,16,23-25H,5,8,12,14-15,17H2,1-4H3,(H,33,34)/t23-,24+,25+,32+/m1/s1. The van der Waals surface area contributed by atoms with Gasteiger partial charge in [0, 0.05) is 10.4 Å². The number of fused-ring (bicyclic) bond motifs is 7. The normalized spacial score (nSPS) is 24.6. The van der Waals surface area contributed by atoms with Crippen molar-refractivity contribution < 1.29 is 23.8 Å². The van der Waals surface area contributed by atoms with Crippen LogP contribution in [0.3, 0.4) is 0 Å². The molecule has 2 aromatic carbocycles. The van der Waals surface area contributed by atoms with Crippen LogP contribution in [0.5, 0.6) is 11.5 Å². The van der Waals surface area contributed by atoms with Crippen LogP contribution in [0, 0.1) is 11.8 Å². The van der Waals surface area contributed by atoms with Crippen LogP contribution in [0.15, 0.2) is 42.5 Å². The molecule has 3 aliphatic rings. The van der Waals surface area contributed by atoms with Gasteiger partial charge in [-0.2, -0.15) is 0 Å². The molecule has 1 N–H and O–H groups in total. The molecule has 4 atom stereocenters. The number of methoxy groups -OCH3 is 2. The number of hydrogen-bond donors (Lipinski definition) is 1. The average Bonchev–Trinajstić information content (AvgIpc) is 3.46. The molecule has 39 heavy (non-hydrogen) atoms. The average molecular weight is 546 g/mol. The lowest BCUT2D eigenvalue weighted by molar-refractivity contribution is 0.0519. The third-order valence-electron chi connectivity index (χ3n) is 9.34. The Bertz CT molecular complexity index is 1430. The number of rotatable bonds is 6. The molecule has 7 heteroatoms. The quantitative estimate of drug-likeness (QED) is 0.346. The first-order valence-corrected chi connectivity index (χ1v) is 14.6. The molecule has 0 radical (unpaired) electrons. The van der Waals surface area contributed by atoms with Gasteiger partial charge in [0.15, 0.2) is 0 Å². The summed E-state index contributed by atoms with van der Waals surface area (Å²) in [4.78, 5) is 27.8. The SMILES string of the molecule is CCOC(=O)c1c(NC(=O)c2ccc(OC)cc2)sc2c1[C@@]1(C)CC[C@@H]3c4ccc(OC)cc4CC[C@@H]3[C@@H]1C2. The summed E-state index contributed by atoms with van der Waals surface area (Å²) in [5.41, 5.74) is 4.96. The number of aryl methyl sites for hydroxylation is 1. The van der Waals surface area contributed by atoms with Crippen LogP contribution in [0.2, 0.25) is 0 Å². The summed E-state index contributed by atoms with van der Waals surface area (Å²) in [6, 6.07) is 13.6. The van der Waals surface area contributed by atoms with Gasteiger partial charge in [-0.15, -0.1) is 11.3 Å². The minimum atomic E-state index is -0.342. The maximum atomic E-state index is 13.4. The number of hydrogen-bond acceptors (Lipinski definition) is 6. The second-order valence-corrected chi connectivity index (χ2v) is 12.3. The lowest BCUT2D eigenvalue weighted by Crippen LogP contribution is -2.43. The van der Waals surface area contributed by atoms with E-state index in [0.29, 0.717) is 46.2 Å². The predicted molar refractivity (Wildman–Crippen MR) is 153 cm³/mol. The first kappa shape index (κ1) is 25.9.